The van der Waals surface area contributed by atoms with Crippen molar-refractivity contribution in [3.8, 4) is 0 Å². The van der Waals surface area contributed by atoms with Crippen LogP contribution < -0.4 is 10.6 Å². The maximum atomic E-state index is 14.1. The number of carbonyl (C=O) groups excluding carboxylic acids is 3. The summed E-state index contributed by atoms with van der Waals surface area (Å²) in [4.78, 5) is 41.2. The van der Waals surface area contributed by atoms with Gasteiger partial charge in [0.05, 0.1) is 11.8 Å². The maximum Gasteiger partial charge on any atom is 0.250 e. The lowest BCUT2D eigenvalue weighted by Gasteiger charge is -2.31. The van der Waals surface area contributed by atoms with E-state index in [1.54, 1.807) is 0 Å². The van der Waals surface area contributed by atoms with Crippen molar-refractivity contribution in [1.29, 1.82) is 0 Å². The second-order valence-electron chi connectivity index (χ2n) is 8.64. The average Bonchev–Trinajstić information content (AvgIpc) is 3.20. The van der Waals surface area contributed by atoms with Gasteiger partial charge in [0.1, 0.15) is 11.4 Å². The number of amides is 3. The Bertz CT molecular complexity index is 870. The number of likely N-dealkylation sites (tertiary alicyclic amines) is 1. The highest BCUT2D eigenvalue weighted by molar-refractivity contribution is 6.15. The minimum atomic E-state index is -1.41. The van der Waals surface area contributed by atoms with Crippen LogP contribution in [0.5, 0.6) is 0 Å². The minimum Gasteiger partial charge on any atom is -0.324 e. The number of carbonyl (C=O) groups is 3. The van der Waals surface area contributed by atoms with Crippen LogP contribution in [-0.2, 0) is 19.9 Å². The largest absolute Gasteiger partial charge is 0.324 e. The van der Waals surface area contributed by atoms with Gasteiger partial charge in [-0.1, -0.05) is 20.8 Å². The Kier molecular flexibility index (Phi) is 4.34. The number of anilines is 1. The van der Waals surface area contributed by atoms with Gasteiger partial charge in [0, 0.05) is 23.3 Å². The molecule has 150 valence electrons. The topological polar surface area (TPSA) is 78.5 Å². The van der Waals surface area contributed by atoms with E-state index in [0.717, 1.165) is 0 Å². The predicted octanol–water partition coefficient (Wildman–Crippen LogP) is 2.39. The van der Waals surface area contributed by atoms with Gasteiger partial charge in [-0.2, -0.15) is 0 Å². The molecule has 3 aliphatic heterocycles. The number of nitrogens with one attached hydrogen (secondary N) is 2. The summed E-state index contributed by atoms with van der Waals surface area (Å²) in [6.07, 6.45) is 1.29. The molecule has 2 saturated heterocycles. The molecule has 5 atom stereocenters. The van der Waals surface area contributed by atoms with E-state index in [4.69, 9.17) is 0 Å². The summed E-state index contributed by atoms with van der Waals surface area (Å²) < 4.78 is 14.1. The van der Waals surface area contributed by atoms with E-state index in [-0.39, 0.29) is 35.7 Å². The molecule has 1 aromatic carbocycles. The lowest BCUT2D eigenvalue weighted by Crippen LogP contribution is -2.54. The van der Waals surface area contributed by atoms with E-state index in [1.807, 2.05) is 27.7 Å². The first-order chi connectivity index (χ1) is 13.2. The number of imide groups is 1. The molecular weight excluding hydrogens is 361 g/mol. The molecule has 3 heterocycles. The average molecular weight is 387 g/mol. The molecule has 0 radical (unpaired) electrons. The van der Waals surface area contributed by atoms with Crippen LogP contribution in [0.3, 0.4) is 0 Å². The van der Waals surface area contributed by atoms with Crippen molar-refractivity contribution in [2.45, 2.75) is 58.2 Å². The van der Waals surface area contributed by atoms with Gasteiger partial charge < -0.3 is 5.32 Å². The zero-order valence-electron chi connectivity index (χ0n) is 16.6. The molecule has 1 aromatic rings. The van der Waals surface area contributed by atoms with Crippen molar-refractivity contribution in [2.75, 3.05) is 5.32 Å². The molecular formula is C21H26FN3O3. The molecule has 2 N–H and O–H groups in total. The van der Waals surface area contributed by atoms with E-state index < -0.39 is 23.2 Å². The first-order valence-corrected chi connectivity index (χ1v) is 9.98. The van der Waals surface area contributed by atoms with Crippen LogP contribution in [0.25, 0.3) is 0 Å². The first kappa shape index (κ1) is 19.1. The number of fused-ring (bicyclic) bond motifs is 4. The molecule has 7 heteroatoms. The van der Waals surface area contributed by atoms with E-state index >= 15 is 0 Å². The number of benzene rings is 1. The lowest BCUT2D eigenvalue weighted by atomic mass is 9.76. The van der Waals surface area contributed by atoms with Crippen molar-refractivity contribution in [2.24, 2.45) is 17.8 Å². The van der Waals surface area contributed by atoms with Crippen LogP contribution in [0, 0.1) is 23.6 Å². The summed E-state index contributed by atoms with van der Waals surface area (Å²) in [7, 11) is 0. The zero-order valence-corrected chi connectivity index (χ0v) is 16.6. The van der Waals surface area contributed by atoms with Crippen LogP contribution in [0.2, 0.25) is 0 Å². The third-order valence-electron chi connectivity index (χ3n) is 6.47. The number of halogens is 1. The molecule has 6 nitrogen and oxygen atoms in total. The highest BCUT2D eigenvalue weighted by atomic mass is 19.1. The Morgan fingerprint density at radius 3 is 2.54 bits per heavy atom. The molecule has 3 amide bonds. The summed E-state index contributed by atoms with van der Waals surface area (Å²) in [5, 5.41) is 6.11. The van der Waals surface area contributed by atoms with E-state index in [2.05, 4.69) is 10.6 Å². The smallest absolute Gasteiger partial charge is 0.250 e. The van der Waals surface area contributed by atoms with Gasteiger partial charge in [-0.25, -0.2) is 4.39 Å². The summed E-state index contributed by atoms with van der Waals surface area (Å²) in [6.45, 7) is 7.85. The summed E-state index contributed by atoms with van der Waals surface area (Å²) in [5.41, 5.74) is -0.493. The van der Waals surface area contributed by atoms with Crippen LogP contribution in [-0.4, -0.2) is 34.7 Å². The summed E-state index contributed by atoms with van der Waals surface area (Å²) in [5.74, 6) is -2.64. The number of hydrogen-bond donors (Lipinski definition) is 2. The standard InChI is InChI=1S/C21H26FN3O3/c1-5-11(4)25-18(26)16-15(8-10(2)3)24-21(17(16)19(25)27)13-9-12(22)6-7-14(13)23-20(21)28/h6-7,9-11,15-17,24H,5,8H2,1-4H3,(H,23,28). The second-order valence-corrected chi connectivity index (χ2v) is 8.64. The quantitative estimate of drug-likeness (QED) is 0.778. The molecule has 3 aliphatic rings. The first-order valence-electron chi connectivity index (χ1n) is 9.98. The highest BCUT2D eigenvalue weighted by Crippen LogP contribution is 2.54. The van der Waals surface area contributed by atoms with Gasteiger partial charge in [0.15, 0.2) is 0 Å². The van der Waals surface area contributed by atoms with Gasteiger partial charge >= 0.3 is 0 Å². The number of rotatable bonds is 4. The van der Waals surface area contributed by atoms with Gasteiger partial charge in [-0.3, -0.25) is 24.6 Å². The summed E-state index contributed by atoms with van der Waals surface area (Å²) >= 11 is 0. The van der Waals surface area contributed by atoms with Crippen molar-refractivity contribution in [3.63, 3.8) is 0 Å². The molecule has 0 aliphatic carbocycles. The Labute approximate surface area is 163 Å². The van der Waals surface area contributed by atoms with Gasteiger partial charge in [0.2, 0.25) is 17.7 Å². The minimum absolute atomic E-state index is 0.225. The molecule has 0 saturated carbocycles. The number of nitrogens with zero attached hydrogens (tertiary/aromatic N) is 1. The van der Waals surface area contributed by atoms with Crippen LogP contribution >= 0.6 is 0 Å². The fraction of sp³-hybridized carbons (Fsp3) is 0.571. The SMILES string of the molecule is CCC(C)N1C(=O)C2C(CC(C)C)NC3(C(=O)Nc4ccc(F)cc43)C2C1=O. The van der Waals surface area contributed by atoms with Crippen LogP contribution in [0.15, 0.2) is 18.2 Å². The van der Waals surface area contributed by atoms with Gasteiger partial charge in [-0.15, -0.1) is 0 Å². The molecule has 1 spiro atoms. The Morgan fingerprint density at radius 1 is 1.18 bits per heavy atom. The normalized spacial score (nSPS) is 32.3. The lowest BCUT2D eigenvalue weighted by molar-refractivity contribution is -0.145. The molecule has 5 unspecified atom stereocenters. The number of hydrogen-bond acceptors (Lipinski definition) is 4. The summed E-state index contributed by atoms with van der Waals surface area (Å²) in [6, 6.07) is 3.54. The van der Waals surface area contributed by atoms with Crippen molar-refractivity contribution < 1.29 is 18.8 Å². The van der Waals surface area contributed by atoms with E-state index in [1.165, 1.54) is 23.1 Å². The molecule has 0 bridgehead atoms. The molecule has 2 fully saturated rings. The highest BCUT2D eigenvalue weighted by Gasteiger charge is 2.70. The third-order valence-corrected chi connectivity index (χ3v) is 6.47. The van der Waals surface area contributed by atoms with E-state index in [9.17, 15) is 18.8 Å². The Morgan fingerprint density at radius 2 is 1.89 bits per heavy atom. The fourth-order valence-electron chi connectivity index (χ4n) is 5.12. The van der Waals surface area contributed by atoms with Gasteiger partial charge in [0.25, 0.3) is 0 Å². The molecule has 28 heavy (non-hydrogen) atoms. The third kappa shape index (κ3) is 2.38. The maximum absolute atomic E-state index is 14.1. The zero-order chi connectivity index (χ0) is 20.4. The van der Waals surface area contributed by atoms with E-state index in [0.29, 0.717) is 24.1 Å². The van der Waals surface area contributed by atoms with Crippen LogP contribution in [0.4, 0.5) is 10.1 Å². The molecule has 0 aromatic heterocycles. The predicted molar refractivity (Wildman–Crippen MR) is 102 cm³/mol. The van der Waals surface area contributed by atoms with Gasteiger partial charge in [-0.05, 0) is 43.9 Å². The van der Waals surface area contributed by atoms with Crippen molar-refractivity contribution in [3.05, 3.63) is 29.6 Å². The Balaban J connectivity index is 1.89. The molecule has 4 rings (SSSR count). The van der Waals surface area contributed by atoms with Crippen molar-refractivity contribution in [1.82, 2.24) is 10.2 Å². The Hall–Kier alpha value is -2.28. The second kappa shape index (κ2) is 6.37. The van der Waals surface area contributed by atoms with Crippen LogP contribution in [0.1, 0.15) is 46.1 Å². The fourth-order valence-corrected chi connectivity index (χ4v) is 5.12. The monoisotopic (exact) mass is 387 g/mol. The van der Waals surface area contributed by atoms with Crippen molar-refractivity contribution >= 4 is 23.4 Å².